The van der Waals surface area contributed by atoms with Gasteiger partial charge in [0.1, 0.15) is 22.2 Å². The lowest BCUT2D eigenvalue weighted by molar-refractivity contribution is -0.115. The Morgan fingerprint density at radius 1 is 1.21 bits per heavy atom. The fraction of sp³-hybridized carbons (Fsp3) is 0.417. The second kappa shape index (κ2) is 10.7. The molecular weight excluding hydrogens is 444 g/mol. The molecular formula is C24H29ClN4O4. The Hall–Kier alpha value is -3.13. The molecule has 1 aliphatic heterocycles. The van der Waals surface area contributed by atoms with E-state index in [-0.39, 0.29) is 18.4 Å². The molecule has 1 N–H and O–H groups in total. The van der Waals surface area contributed by atoms with Gasteiger partial charge in [-0.25, -0.2) is 9.78 Å². The van der Waals surface area contributed by atoms with Gasteiger partial charge in [-0.3, -0.25) is 9.78 Å². The first kappa shape index (κ1) is 24.5. The van der Waals surface area contributed by atoms with Crippen LogP contribution < -0.4 is 10.1 Å². The Balaban J connectivity index is 1.56. The minimum absolute atomic E-state index is 0.160. The first-order valence-corrected chi connectivity index (χ1v) is 11.2. The summed E-state index contributed by atoms with van der Waals surface area (Å²) in [5, 5.41) is 3.14. The van der Waals surface area contributed by atoms with E-state index in [1.54, 1.807) is 17.2 Å². The number of pyridine rings is 2. The van der Waals surface area contributed by atoms with Crippen molar-refractivity contribution in [3.05, 3.63) is 52.9 Å². The third kappa shape index (κ3) is 7.18. The molecule has 0 fully saturated rings. The molecule has 0 saturated carbocycles. The lowest BCUT2D eigenvalue weighted by Gasteiger charge is -2.29. The highest BCUT2D eigenvalue weighted by atomic mass is 35.5. The zero-order valence-electron chi connectivity index (χ0n) is 19.4. The monoisotopic (exact) mass is 472 g/mol. The predicted octanol–water partition coefficient (Wildman–Crippen LogP) is 4.73. The summed E-state index contributed by atoms with van der Waals surface area (Å²) in [7, 11) is 0. The Morgan fingerprint density at radius 3 is 2.61 bits per heavy atom. The minimum Gasteiger partial charge on any atom is -0.492 e. The highest BCUT2D eigenvalue weighted by Crippen LogP contribution is 2.26. The summed E-state index contributed by atoms with van der Waals surface area (Å²) in [6.07, 6.45) is 5.67. The van der Waals surface area contributed by atoms with Crippen LogP contribution in [0, 0.1) is 0 Å². The van der Waals surface area contributed by atoms with Crippen molar-refractivity contribution >= 4 is 35.0 Å². The molecule has 0 radical (unpaired) electrons. The third-order valence-electron chi connectivity index (χ3n) is 4.77. The van der Waals surface area contributed by atoms with Crippen molar-refractivity contribution in [3.8, 4) is 5.75 Å². The van der Waals surface area contributed by atoms with Gasteiger partial charge in [-0.2, -0.15) is 0 Å². The summed E-state index contributed by atoms with van der Waals surface area (Å²) in [5.74, 6) is 0.632. The van der Waals surface area contributed by atoms with Gasteiger partial charge < -0.3 is 19.7 Å². The van der Waals surface area contributed by atoms with E-state index in [4.69, 9.17) is 21.1 Å². The number of halogens is 1. The van der Waals surface area contributed by atoms with Gasteiger partial charge in [0.15, 0.2) is 0 Å². The number of nitrogens with zero attached hydrogens (tertiary/aromatic N) is 3. The van der Waals surface area contributed by atoms with Crippen LogP contribution in [0.4, 0.5) is 10.6 Å². The molecule has 0 aromatic carbocycles. The van der Waals surface area contributed by atoms with E-state index < -0.39 is 5.60 Å². The van der Waals surface area contributed by atoms with Gasteiger partial charge in [-0.1, -0.05) is 23.7 Å². The predicted molar refractivity (Wildman–Crippen MR) is 127 cm³/mol. The number of carbonyl (C=O) groups is 2. The molecule has 1 aliphatic rings. The van der Waals surface area contributed by atoms with Crippen LogP contribution in [-0.4, -0.2) is 52.2 Å². The van der Waals surface area contributed by atoms with Gasteiger partial charge in [0.25, 0.3) is 0 Å². The van der Waals surface area contributed by atoms with Crippen LogP contribution in [0.25, 0.3) is 5.57 Å². The zero-order valence-corrected chi connectivity index (χ0v) is 20.1. The van der Waals surface area contributed by atoms with Crippen LogP contribution in [0.1, 0.15) is 45.4 Å². The first-order valence-electron chi connectivity index (χ1n) is 10.8. The number of nitrogens with one attached hydrogen (secondary N) is 1. The summed E-state index contributed by atoms with van der Waals surface area (Å²) in [4.78, 5) is 34.9. The van der Waals surface area contributed by atoms with Gasteiger partial charge in [0.05, 0.1) is 24.9 Å². The van der Waals surface area contributed by atoms with Crippen LogP contribution in [-0.2, 0) is 16.0 Å². The van der Waals surface area contributed by atoms with E-state index >= 15 is 0 Å². The molecule has 0 spiro atoms. The SMILES string of the molecule is CCOc1cc(NC(=O)Cc2ccc(C3=CCN(C(=O)OC(C)(C)C)CC3)nc2)ncc1Cl. The highest BCUT2D eigenvalue weighted by molar-refractivity contribution is 6.32. The number of aromatic nitrogens is 2. The number of hydrogen-bond donors (Lipinski definition) is 1. The largest absolute Gasteiger partial charge is 0.492 e. The van der Waals surface area contributed by atoms with Crippen LogP contribution in [0.3, 0.4) is 0 Å². The van der Waals surface area contributed by atoms with Crippen LogP contribution in [0.15, 0.2) is 36.7 Å². The van der Waals surface area contributed by atoms with Gasteiger partial charge in [0.2, 0.25) is 5.91 Å². The van der Waals surface area contributed by atoms with E-state index in [1.165, 1.54) is 6.20 Å². The average Bonchev–Trinajstić information content (AvgIpc) is 2.76. The highest BCUT2D eigenvalue weighted by Gasteiger charge is 2.24. The number of hydrogen-bond acceptors (Lipinski definition) is 6. The van der Waals surface area contributed by atoms with Crippen molar-refractivity contribution in [2.45, 2.75) is 46.1 Å². The molecule has 2 aromatic heterocycles. The molecule has 3 heterocycles. The molecule has 176 valence electrons. The molecule has 3 rings (SSSR count). The molecule has 2 amide bonds. The summed E-state index contributed by atoms with van der Waals surface area (Å²) in [6.45, 7) is 8.93. The molecule has 0 bridgehead atoms. The zero-order chi connectivity index (χ0) is 24.0. The second-order valence-corrected chi connectivity index (χ2v) is 9.02. The molecule has 33 heavy (non-hydrogen) atoms. The lowest BCUT2D eigenvalue weighted by Crippen LogP contribution is -2.39. The smallest absolute Gasteiger partial charge is 0.410 e. The van der Waals surface area contributed by atoms with E-state index in [9.17, 15) is 9.59 Å². The number of anilines is 1. The standard InChI is InChI=1S/C24H29ClN4O4/c1-5-32-20-13-21(27-15-18(20)25)28-22(30)12-16-6-7-19(26-14-16)17-8-10-29(11-9-17)23(31)33-24(2,3)4/h6-8,13-15H,5,9-12H2,1-4H3,(H,27,28,30). The van der Waals surface area contributed by atoms with Crippen molar-refractivity contribution in [3.63, 3.8) is 0 Å². The maximum absolute atomic E-state index is 12.4. The summed E-state index contributed by atoms with van der Waals surface area (Å²) in [5.41, 5.74) is 2.17. The van der Waals surface area contributed by atoms with Gasteiger partial charge in [0, 0.05) is 25.4 Å². The van der Waals surface area contributed by atoms with Gasteiger partial charge in [-0.05, 0) is 51.3 Å². The van der Waals surface area contributed by atoms with Crippen molar-refractivity contribution in [2.24, 2.45) is 0 Å². The van der Waals surface area contributed by atoms with E-state index in [0.29, 0.717) is 42.7 Å². The van der Waals surface area contributed by atoms with Crippen LogP contribution in [0.2, 0.25) is 5.02 Å². The first-order chi connectivity index (χ1) is 15.6. The van der Waals surface area contributed by atoms with E-state index in [0.717, 1.165) is 16.8 Å². The molecule has 0 atom stereocenters. The number of ether oxygens (including phenoxy) is 2. The Labute approximate surface area is 199 Å². The Morgan fingerprint density at radius 2 is 2.00 bits per heavy atom. The maximum atomic E-state index is 12.4. The van der Waals surface area contributed by atoms with E-state index in [2.05, 4.69) is 15.3 Å². The minimum atomic E-state index is -0.514. The molecule has 0 aliphatic carbocycles. The van der Waals surface area contributed by atoms with Crippen molar-refractivity contribution in [2.75, 3.05) is 25.0 Å². The van der Waals surface area contributed by atoms with Gasteiger partial charge >= 0.3 is 6.09 Å². The molecule has 0 unspecified atom stereocenters. The Bertz CT molecular complexity index is 1030. The van der Waals surface area contributed by atoms with Gasteiger partial charge in [-0.15, -0.1) is 0 Å². The quantitative estimate of drug-likeness (QED) is 0.653. The van der Waals surface area contributed by atoms with Crippen LogP contribution in [0.5, 0.6) is 5.75 Å². The number of rotatable bonds is 6. The average molecular weight is 473 g/mol. The molecule has 0 saturated heterocycles. The second-order valence-electron chi connectivity index (χ2n) is 8.62. The summed E-state index contributed by atoms with van der Waals surface area (Å²) < 4.78 is 10.8. The molecule has 2 aromatic rings. The van der Waals surface area contributed by atoms with Crippen LogP contribution >= 0.6 is 11.6 Å². The van der Waals surface area contributed by atoms with E-state index in [1.807, 2.05) is 45.9 Å². The maximum Gasteiger partial charge on any atom is 0.410 e. The van der Waals surface area contributed by atoms with Crippen molar-refractivity contribution in [1.29, 1.82) is 0 Å². The Kier molecular flexibility index (Phi) is 7.92. The fourth-order valence-corrected chi connectivity index (χ4v) is 3.40. The fourth-order valence-electron chi connectivity index (χ4n) is 3.24. The number of carbonyl (C=O) groups excluding carboxylic acids is 2. The van der Waals surface area contributed by atoms with Crippen molar-refractivity contribution < 1.29 is 19.1 Å². The molecule has 8 nitrogen and oxygen atoms in total. The topological polar surface area (TPSA) is 93.7 Å². The normalized spacial score (nSPS) is 13.8. The summed E-state index contributed by atoms with van der Waals surface area (Å²) >= 11 is 6.03. The lowest BCUT2D eigenvalue weighted by atomic mass is 10.0. The van der Waals surface area contributed by atoms with Crippen molar-refractivity contribution in [1.82, 2.24) is 14.9 Å². The number of amides is 2. The third-order valence-corrected chi connectivity index (χ3v) is 5.05. The molecule has 9 heteroatoms. The summed E-state index contributed by atoms with van der Waals surface area (Å²) in [6, 6.07) is 5.37.